The van der Waals surface area contributed by atoms with Crippen molar-refractivity contribution in [3.8, 4) is 0 Å². The van der Waals surface area contributed by atoms with Crippen LogP contribution in [0.4, 0.5) is 0 Å². The molecule has 0 heterocycles. The van der Waals surface area contributed by atoms with Gasteiger partial charge in [0.05, 0.1) is 5.75 Å². The Kier molecular flexibility index (Phi) is 4.86. The van der Waals surface area contributed by atoms with Crippen molar-refractivity contribution in [3.63, 3.8) is 0 Å². The Morgan fingerprint density at radius 1 is 1.30 bits per heavy atom. The molecule has 112 valence electrons. The lowest BCUT2D eigenvalue weighted by Gasteiger charge is -2.20. The molecule has 0 radical (unpaired) electrons. The zero-order valence-corrected chi connectivity index (χ0v) is 13.4. The van der Waals surface area contributed by atoms with Gasteiger partial charge in [-0.25, -0.2) is 13.1 Å². The van der Waals surface area contributed by atoms with Gasteiger partial charge in [-0.3, -0.25) is 0 Å². The molecule has 4 heteroatoms. The third kappa shape index (κ3) is 4.06. The van der Waals surface area contributed by atoms with E-state index in [9.17, 15) is 8.42 Å². The molecule has 1 saturated carbocycles. The zero-order chi connectivity index (χ0) is 14.8. The fourth-order valence-electron chi connectivity index (χ4n) is 2.61. The van der Waals surface area contributed by atoms with E-state index in [0.717, 1.165) is 18.4 Å². The van der Waals surface area contributed by atoms with E-state index in [0.29, 0.717) is 11.8 Å². The van der Waals surface area contributed by atoms with Crippen LogP contribution in [0, 0.1) is 17.8 Å². The average Bonchev–Trinajstić information content (AvgIpc) is 3.13. The van der Waals surface area contributed by atoms with Crippen molar-refractivity contribution < 1.29 is 8.42 Å². The summed E-state index contributed by atoms with van der Waals surface area (Å²) in [5.41, 5.74) is 1.08. The van der Waals surface area contributed by atoms with Crippen molar-refractivity contribution in [3.05, 3.63) is 35.9 Å². The van der Waals surface area contributed by atoms with Crippen molar-refractivity contribution in [1.82, 2.24) is 4.72 Å². The first kappa shape index (κ1) is 15.5. The minimum atomic E-state index is -3.22. The van der Waals surface area contributed by atoms with E-state index in [2.05, 4.69) is 11.6 Å². The molecule has 1 fully saturated rings. The predicted octanol–water partition coefficient (Wildman–Crippen LogP) is 3.35. The van der Waals surface area contributed by atoms with Crippen LogP contribution in [0.15, 0.2) is 30.3 Å². The smallest absolute Gasteiger partial charge is 0.212 e. The summed E-state index contributed by atoms with van der Waals surface area (Å²) in [5.74, 6) is 1.45. The maximum Gasteiger partial charge on any atom is 0.212 e. The van der Waals surface area contributed by atoms with Gasteiger partial charge in [0, 0.05) is 6.04 Å². The maximum absolute atomic E-state index is 12.3. The zero-order valence-electron chi connectivity index (χ0n) is 12.5. The average molecular weight is 295 g/mol. The summed E-state index contributed by atoms with van der Waals surface area (Å²) in [6, 6.07) is 9.87. The largest absolute Gasteiger partial charge is 0.212 e. The second-order valence-corrected chi connectivity index (χ2v) is 7.98. The van der Waals surface area contributed by atoms with Crippen molar-refractivity contribution in [2.24, 2.45) is 17.8 Å². The van der Waals surface area contributed by atoms with Gasteiger partial charge in [-0.05, 0) is 29.7 Å². The second-order valence-electron chi connectivity index (χ2n) is 6.18. The lowest BCUT2D eigenvalue weighted by atomic mass is 10.0. The predicted molar refractivity (Wildman–Crippen MR) is 82.8 cm³/mol. The molecule has 0 spiro atoms. The SMILES string of the molecule is CCC(C)CS(=O)(=O)NC(c1ccccc1)C1CC1C. The number of hydrogen-bond acceptors (Lipinski definition) is 2. The van der Waals surface area contributed by atoms with Crippen molar-refractivity contribution in [2.75, 3.05) is 5.75 Å². The topological polar surface area (TPSA) is 46.2 Å². The normalized spacial score (nSPS) is 25.1. The fourth-order valence-corrected chi connectivity index (χ4v) is 4.39. The monoisotopic (exact) mass is 295 g/mol. The minimum Gasteiger partial charge on any atom is -0.212 e. The molecule has 1 aliphatic carbocycles. The molecule has 0 amide bonds. The summed E-state index contributed by atoms with van der Waals surface area (Å²) in [4.78, 5) is 0. The van der Waals surface area contributed by atoms with Gasteiger partial charge in [0.2, 0.25) is 10.0 Å². The first-order valence-electron chi connectivity index (χ1n) is 7.48. The molecule has 2 rings (SSSR count). The molecule has 0 aromatic heterocycles. The van der Waals surface area contributed by atoms with Crippen molar-refractivity contribution in [1.29, 1.82) is 0 Å². The van der Waals surface area contributed by atoms with Crippen LogP contribution in [0.1, 0.15) is 45.2 Å². The van der Waals surface area contributed by atoms with Crippen LogP contribution in [0.25, 0.3) is 0 Å². The molecule has 0 aliphatic heterocycles. The Bertz CT molecular complexity index is 527. The standard InChI is InChI=1S/C16H25NO2S/c1-4-12(2)11-20(18,19)17-16(15-10-13(15)3)14-8-6-5-7-9-14/h5-9,12-13,15-17H,4,10-11H2,1-3H3. The first-order chi connectivity index (χ1) is 9.43. The highest BCUT2D eigenvalue weighted by Gasteiger charge is 2.41. The molecule has 3 nitrogen and oxygen atoms in total. The summed E-state index contributed by atoms with van der Waals surface area (Å²) in [5, 5.41) is 0. The molecular formula is C16H25NO2S. The highest BCUT2D eigenvalue weighted by atomic mass is 32.2. The molecule has 1 aromatic carbocycles. The van der Waals surface area contributed by atoms with Gasteiger partial charge in [-0.15, -0.1) is 0 Å². The minimum absolute atomic E-state index is 0.0692. The molecule has 4 unspecified atom stereocenters. The molecule has 0 saturated heterocycles. The Morgan fingerprint density at radius 2 is 1.90 bits per heavy atom. The number of nitrogens with one attached hydrogen (secondary N) is 1. The Labute approximate surface area is 122 Å². The highest BCUT2D eigenvalue weighted by Crippen LogP contribution is 2.47. The molecular weight excluding hydrogens is 270 g/mol. The summed E-state index contributed by atoms with van der Waals surface area (Å²) in [6.07, 6.45) is 1.99. The molecule has 1 aromatic rings. The van der Waals surface area contributed by atoms with Crippen LogP contribution < -0.4 is 4.72 Å². The summed E-state index contributed by atoms with van der Waals surface area (Å²) in [7, 11) is -3.22. The Morgan fingerprint density at radius 3 is 2.40 bits per heavy atom. The van der Waals surface area contributed by atoms with Crippen LogP contribution in [0.2, 0.25) is 0 Å². The van der Waals surface area contributed by atoms with Crippen LogP contribution in [0.5, 0.6) is 0 Å². The van der Waals surface area contributed by atoms with Gasteiger partial charge in [0.25, 0.3) is 0 Å². The number of sulfonamides is 1. The van der Waals surface area contributed by atoms with Crippen LogP contribution in [-0.4, -0.2) is 14.2 Å². The lowest BCUT2D eigenvalue weighted by molar-refractivity contribution is 0.502. The van der Waals surface area contributed by atoms with E-state index in [-0.39, 0.29) is 17.7 Å². The van der Waals surface area contributed by atoms with Crippen molar-refractivity contribution >= 4 is 10.0 Å². The molecule has 0 bridgehead atoms. The lowest BCUT2D eigenvalue weighted by Crippen LogP contribution is -2.34. The van der Waals surface area contributed by atoms with Crippen molar-refractivity contribution in [2.45, 2.75) is 39.7 Å². The molecule has 1 N–H and O–H groups in total. The van der Waals surface area contributed by atoms with E-state index in [1.165, 1.54) is 0 Å². The quantitative estimate of drug-likeness (QED) is 0.838. The van der Waals surface area contributed by atoms with E-state index in [4.69, 9.17) is 0 Å². The fraction of sp³-hybridized carbons (Fsp3) is 0.625. The Balaban J connectivity index is 2.13. The van der Waals surface area contributed by atoms with E-state index >= 15 is 0 Å². The van der Waals surface area contributed by atoms with Gasteiger partial charge in [-0.1, -0.05) is 57.5 Å². The number of rotatable bonds is 7. The van der Waals surface area contributed by atoms with Crippen LogP contribution >= 0.6 is 0 Å². The molecule has 20 heavy (non-hydrogen) atoms. The van der Waals surface area contributed by atoms with E-state index < -0.39 is 10.0 Å². The highest BCUT2D eigenvalue weighted by molar-refractivity contribution is 7.89. The van der Waals surface area contributed by atoms with E-state index in [1.54, 1.807) is 0 Å². The number of benzene rings is 1. The van der Waals surface area contributed by atoms with Crippen LogP contribution in [0.3, 0.4) is 0 Å². The summed E-state index contributed by atoms with van der Waals surface area (Å²) >= 11 is 0. The van der Waals surface area contributed by atoms with Crippen LogP contribution in [-0.2, 0) is 10.0 Å². The maximum atomic E-state index is 12.3. The third-order valence-electron chi connectivity index (χ3n) is 4.27. The van der Waals surface area contributed by atoms with Gasteiger partial charge in [0.15, 0.2) is 0 Å². The van der Waals surface area contributed by atoms with Gasteiger partial charge < -0.3 is 0 Å². The van der Waals surface area contributed by atoms with Gasteiger partial charge in [-0.2, -0.15) is 0 Å². The number of hydrogen-bond donors (Lipinski definition) is 1. The summed E-state index contributed by atoms with van der Waals surface area (Å²) in [6.45, 7) is 6.19. The van der Waals surface area contributed by atoms with Gasteiger partial charge >= 0.3 is 0 Å². The molecule has 4 atom stereocenters. The van der Waals surface area contributed by atoms with Gasteiger partial charge in [0.1, 0.15) is 0 Å². The third-order valence-corrected chi connectivity index (χ3v) is 5.89. The Hall–Kier alpha value is -0.870. The molecule has 1 aliphatic rings. The second kappa shape index (κ2) is 6.27. The first-order valence-corrected chi connectivity index (χ1v) is 9.13. The van der Waals surface area contributed by atoms with E-state index in [1.807, 2.05) is 44.2 Å². The summed E-state index contributed by atoms with van der Waals surface area (Å²) < 4.78 is 27.6.